The number of ether oxygens (including phenoxy) is 2. The highest BCUT2D eigenvalue weighted by Gasteiger charge is 2.39. The first kappa shape index (κ1) is 14.4. The molecule has 1 aromatic heterocycles. The average molecular weight is 315 g/mol. The van der Waals surface area contributed by atoms with Crippen molar-refractivity contribution in [3.05, 3.63) is 24.0 Å². The van der Waals surface area contributed by atoms with E-state index in [0.29, 0.717) is 0 Å². The molecule has 0 radical (unpaired) electrons. The zero-order valence-corrected chi connectivity index (χ0v) is 13.5. The van der Waals surface area contributed by atoms with Gasteiger partial charge in [0, 0.05) is 6.07 Å². The Bertz CT molecular complexity index is 706. The summed E-state index contributed by atoms with van der Waals surface area (Å²) in [6.07, 6.45) is 4.43. The van der Waals surface area contributed by atoms with Crippen molar-refractivity contribution in [2.45, 2.75) is 38.1 Å². The van der Waals surface area contributed by atoms with Gasteiger partial charge in [0.1, 0.15) is 0 Å². The van der Waals surface area contributed by atoms with Gasteiger partial charge in [-0.25, -0.2) is 0 Å². The fourth-order valence-electron chi connectivity index (χ4n) is 3.52. The lowest BCUT2D eigenvalue weighted by Crippen LogP contribution is -2.45. The van der Waals surface area contributed by atoms with Gasteiger partial charge >= 0.3 is 0 Å². The molecule has 2 heterocycles. The second-order valence-electron chi connectivity index (χ2n) is 6.47. The largest absolute Gasteiger partial charge is 0.454 e. The van der Waals surface area contributed by atoms with Crippen molar-refractivity contribution < 1.29 is 9.47 Å². The van der Waals surface area contributed by atoms with Crippen LogP contribution in [0.2, 0.25) is 0 Å². The zero-order chi connectivity index (χ0) is 15.9. The van der Waals surface area contributed by atoms with Gasteiger partial charge in [-0.3, -0.25) is 0 Å². The number of fused-ring (bicyclic) bond motifs is 1. The molecule has 0 amide bonds. The lowest BCUT2D eigenvalue weighted by Gasteiger charge is -2.38. The van der Waals surface area contributed by atoms with Gasteiger partial charge in [0.05, 0.1) is 11.2 Å². The Balaban J connectivity index is 1.73. The van der Waals surface area contributed by atoms with E-state index in [1.165, 1.54) is 12.8 Å². The lowest BCUT2D eigenvalue weighted by molar-refractivity contribution is 0.174. The van der Waals surface area contributed by atoms with Gasteiger partial charge in [-0.15, -0.1) is 5.10 Å². The zero-order valence-electron chi connectivity index (χ0n) is 13.5. The number of hydrogen-bond donors (Lipinski definition) is 1. The molecule has 1 N–H and O–H groups in total. The maximum atomic E-state index is 5.47. The van der Waals surface area contributed by atoms with E-state index < -0.39 is 0 Å². The van der Waals surface area contributed by atoms with E-state index in [2.05, 4.69) is 27.8 Å². The summed E-state index contributed by atoms with van der Waals surface area (Å²) in [5.41, 5.74) is 0.717. The molecule has 4 rings (SSSR count). The first-order valence-corrected chi connectivity index (χ1v) is 8.10. The Hall–Kier alpha value is -2.15. The normalized spacial score (nSPS) is 26.4. The van der Waals surface area contributed by atoms with E-state index in [1.807, 2.05) is 29.9 Å². The molecule has 0 unspecified atom stereocenters. The van der Waals surface area contributed by atoms with Crippen LogP contribution in [0.15, 0.2) is 18.2 Å². The monoisotopic (exact) mass is 315 g/mol. The fraction of sp³-hybridized carbons (Fsp3) is 0.562. The first-order chi connectivity index (χ1) is 11.2. The van der Waals surface area contributed by atoms with E-state index in [9.17, 15) is 0 Å². The van der Waals surface area contributed by atoms with Crippen molar-refractivity contribution >= 4 is 0 Å². The third-order valence-electron chi connectivity index (χ3n) is 5.10. The predicted molar refractivity (Wildman–Crippen MR) is 83.6 cm³/mol. The van der Waals surface area contributed by atoms with Gasteiger partial charge in [0.15, 0.2) is 17.3 Å². The van der Waals surface area contributed by atoms with Crippen LogP contribution in [0.5, 0.6) is 11.5 Å². The summed E-state index contributed by atoms with van der Waals surface area (Å²) in [6.45, 7) is 2.57. The lowest BCUT2D eigenvalue weighted by atomic mass is 9.76. The summed E-state index contributed by atoms with van der Waals surface area (Å²) >= 11 is 0. The molecule has 0 spiro atoms. The topological polar surface area (TPSA) is 74.1 Å². The Labute approximate surface area is 135 Å². The van der Waals surface area contributed by atoms with Gasteiger partial charge in [-0.2, -0.15) is 4.68 Å². The van der Waals surface area contributed by atoms with Gasteiger partial charge in [0.2, 0.25) is 6.79 Å². The molecule has 1 saturated carbocycles. The van der Waals surface area contributed by atoms with Crippen molar-refractivity contribution in [1.82, 2.24) is 25.5 Å². The third-order valence-corrected chi connectivity index (χ3v) is 5.10. The Morgan fingerprint density at radius 2 is 2.00 bits per heavy atom. The smallest absolute Gasteiger partial charge is 0.231 e. The van der Waals surface area contributed by atoms with Crippen LogP contribution in [0, 0.1) is 5.92 Å². The van der Waals surface area contributed by atoms with E-state index in [4.69, 9.17) is 9.47 Å². The number of rotatable bonds is 3. The summed E-state index contributed by atoms with van der Waals surface area (Å²) in [7, 11) is 1.99. The van der Waals surface area contributed by atoms with Crippen molar-refractivity contribution in [3.8, 4) is 17.2 Å². The summed E-state index contributed by atoms with van der Waals surface area (Å²) < 4.78 is 12.7. The van der Waals surface area contributed by atoms with E-state index in [1.54, 1.807) is 0 Å². The average Bonchev–Trinajstić information content (AvgIpc) is 3.24. The Morgan fingerprint density at radius 1 is 1.22 bits per heavy atom. The van der Waals surface area contributed by atoms with Gasteiger partial charge in [-0.1, -0.05) is 6.92 Å². The highest BCUT2D eigenvalue weighted by atomic mass is 16.7. The van der Waals surface area contributed by atoms with Crippen LogP contribution in [-0.2, 0) is 5.54 Å². The molecule has 7 nitrogen and oxygen atoms in total. The standard InChI is InChI=1S/C16H21N5O2/c1-11-5-7-16(17-2,8-6-11)15-18-19-20-21(15)12-3-4-13-14(9-12)23-10-22-13/h3-4,9,11,17H,5-8,10H2,1-2H3. The summed E-state index contributed by atoms with van der Waals surface area (Å²) in [5, 5.41) is 16.0. The number of hydrogen-bond acceptors (Lipinski definition) is 6. The van der Waals surface area contributed by atoms with E-state index in [0.717, 1.165) is 41.8 Å². The van der Waals surface area contributed by atoms with Crippen LogP contribution < -0.4 is 14.8 Å². The van der Waals surface area contributed by atoms with Gasteiger partial charge in [-0.05, 0) is 61.2 Å². The SMILES string of the molecule is CNC1(c2nnnn2-c2ccc3c(c2)OCO3)CCC(C)CC1. The molecular weight excluding hydrogens is 294 g/mol. The third kappa shape index (κ3) is 2.35. The van der Waals surface area contributed by atoms with Crippen LogP contribution in [0.4, 0.5) is 0 Å². The molecule has 122 valence electrons. The molecular formula is C16H21N5O2. The minimum atomic E-state index is -0.174. The quantitative estimate of drug-likeness (QED) is 0.934. The molecule has 0 saturated heterocycles. The molecule has 1 aromatic carbocycles. The number of benzene rings is 1. The second-order valence-corrected chi connectivity index (χ2v) is 6.47. The van der Waals surface area contributed by atoms with Crippen LogP contribution in [0.25, 0.3) is 5.69 Å². The van der Waals surface area contributed by atoms with Gasteiger partial charge in [0.25, 0.3) is 0 Å². The predicted octanol–water partition coefficient (Wildman–Crippen LogP) is 2.02. The maximum absolute atomic E-state index is 5.47. The van der Waals surface area contributed by atoms with E-state index in [-0.39, 0.29) is 12.3 Å². The molecule has 23 heavy (non-hydrogen) atoms. The van der Waals surface area contributed by atoms with Gasteiger partial charge < -0.3 is 14.8 Å². The highest BCUT2D eigenvalue weighted by molar-refractivity contribution is 5.50. The molecule has 0 atom stereocenters. The highest BCUT2D eigenvalue weighted by Crippen LogP contribution is 2.39. The summed E-state index contributed by atoms with van der Waals surface area (Å²) in [4.78, 5) is 0. The summed E-state index contributed by atoms with van der Waals surface area (Å²) in [5.74, 6) is 3.12. The van der Waals surface area contributed by atoms with Crippen molar-refractivity contribution in [2.24, 2.45) is 5.92 Å². The molecule has 0 bridgehead atoms. The van der Waals surface area contributed by atoms with Crippen LogP contribution in [-0.4, -0.2) is 34.0 Å². The van der Waals surface area contributed by atoms with Crippen LogP contribution in [0.3, 0.4) is 0 Å². The van der Waals surface area contributed by atoms with Crippen LogP contribution in [0.1, 0.15) is 38.4 Å². The Morgan fingerprint density at radius 3 is 2.78 bits per heavy atom. The molecule has 2 aromatic rings. The number of aromatic nitrogens is 4. The van der Waals surface area contributed by atoms with Crippen molar-refractivity contribution in [1.29, 1.82) is 0 Å². The second kappa shape index (κ2) is 5.49. The van der Waals surface area contributed by atoms with E-state index >= 15 is 0 Å². The molecule has 1 aliphatic heterocycles. The molecule has 2 aliphatic rings. The minimum absolute atomic E-state index is 0.174. The molecule has 7 heteroatoms. The van der Waals surface area contributed by atoms with Crippen molar-refractivity contribution in [3.63, 3.8) is 0 Å². The number of nitrogens with zero attached hydrogens (tertiary/aromatic N) is 4. The fourth-order valence-corrected chi connectivity index (χ4v) is 3.52. The minimum Gasteiger partial charge on any atom is -0.454 e. The van der Waals surface area contributed by atoms with Crippen molar-refractivity contribution in [2.75, 3.05) is 13.8 Å². The number of nitrogens with one attached hydrogen (secondary N) is 1. The molecule has 1 fully saturated rings. The first-order valence-electron chi connectivity index (χ1n) is 8.10. The molecule has 1 aliphatic carbocycles. The Kier molecular flexibility index (Phi) is 3.45. The maximum Gasteiger partial charge on any atom is 0.231 e. The van der Waals surface area contributed by atoms with Crippen LogP contribution >= 0.6 is 0 Å². The number of tetrazole rings is 1. The summed E-state index contributed by atoms with van der Waals surface area (Å²) in [6, 6.07) is 5.79.